The van der Waals surface area contributed by atoms with Crippen molar-refractivity contribution < 1.29 is 19.8 Å². The van der Waals surface area contributed by atoms with Crippen LogP contribution in [0.15, 0.2) is 18.2 Å². The number of phenolic OH excluding ortho intramolecular Hbond substituents is 1. The van der Waals surface area contributed by atoms with E-state index in [0.29, 0.717) is 17.9 Å². The summed E-state index contributed by atoms with van der Waals surface area (Å²) in [7, 11) is 0. The highest BCUT2D eigenvalue weighted by Gasteiger charge is 2.43. The Morgan fingerprint density at radius 3 is 2.74 bits per heavy atom. The van der Waals surface area contributed by atoms with Gasteiger partial charge in [-0.25, -0.2) is 4.79 Å². The number of carboxylic acid groups (broad SMARTS) is 1. The summed E-state index contributed by atoms with van der Waals surface area (Å²) < 4.78 is 0. The van der Waals surface area contributed by atoms with Crippen LogP contribution >= 0.6 is 23.4 Å². The number of carbonyl (C=O) groups is 2. The van der Waals surface area contributed by atoms with Crippen LogP contribution in [0.1, 0.15) is 16.8 Å². The van der Waals surface area contributed by atoms with Crippen molar-refractivity contribution in [3.05, 3.63) is 28.8 Å². The molecule has 1 aromatic rings. The zero-order valence-electron chi connectivity index (χ0n) is 9.85. The van der Waals surface area contributed by atoms with Gasteiger partial charge in [0.25, 0.3) is 5.91 Å². The number of nitrogens with one attached hydrogen (secondary N) is 1. The second-order valence-corrected chi connectivity index (χ2v) is 5.82. The molecule has 0 radical (unpaired) electrons. The van der Waals surface area contributed by atoms with E-state index in [2.05, 4.69) is 5.32 Å². The quantitative estimate of drug-likeness (QED) is 0.791. The molecule has 19 heavy (non-hydrogen) atoms. The molecule has 1 saturated heterocycles. The van der Waals surface area contributed by atoms with Gasteiger partial charge in [-0.1, -0.05) is 11.6 Å². The van der Waals surface area contributed by atoms with Crippen molar-refractivity contribution >= 4 is 35.2 Å². The molecule has 5 nitrogen and oxygen atoms in total. The SMILES string of the molecule is O=C(NC1(C(=O)O)CCSC1)c1cc(O)ccc1Cl. The summed E-state index contributed by atoms with van der Waals surface area (Å²) in [6.07, 6.45) is 0.370. The molecule has 0 saturated carbocycles. The van der Waals surface area contributed by atoms with Crippen LogP contribution in [0.3, 0.4) is 0 Å². The van der Waals surface area contributed by atoms with Gasteiger partial charge in [-0.05, 0) is 30.4 Å². The van der Waals surface area contributed by atoms with Crippen molar-refractivity contribution in [1.82, 2.24) is 5.32 Å². The standard InChI is InChI=1S/C12H12ClNO4S/c13-9-2-1-7(15)5-8(9)10(16)14-12(11(17)18)3-4-19-6-12/h1-2,5,15H,3-4,6H2,(H,14,16)(H,17,18). The molecule has 1 aromatic carbocycles. The lowest BCUT2D eigenvalue weighted by molar-refractivity contribution is -0.143. The first-order valence-electron chi connectivity index (χ1n) is 5.57. The number of thioether (sulfide) groups is 1. The van der Waals surface area contributed by atoms with Gasteiger partial charge in [0.15, 0.2) is 0 Å². The Morgan fingerprint density at radius 1 is 1.42 bits per heavy atom. The van der Waals surface area contributed by atoms with Crippen molar-refractivity contribution in [2.75, 3.05) is 11.5 Å². The van der Waals surface area contributed by atoms with Crippen LogP contribution in [0.5, 0.6) is 5.75 Å². The smallest absolute Gasteiger partial charge is 0.330 e. The van der Waals surface area contributed by atoms with Gasteiger partial charge in [0.1, 0.15) is 11.3 Å². The number of carboxylic acids is 1. The van der Waals surface area contributed by atoms with Crippen LogP contribution in [0.2, 0.25) is 5.02 Å². The Balaban J connectivity index is 2.25. The lowest BCUT2D eigenvalue weighted by atomic mass is 9.98. The minimum absolute atomic E-state index is 0.0687. The second-order valence-electron chi connectivity index (χ2n) is 4.31. The molecule has 1 amide bonds. The molecule has 0 bridgehead atoms. The maximum absolute atomic E-state index is 12.1. The average Bonchev–Trinajstić information content (AvgIpc) is 2.82. The number of amides is 1. The molecule has 1 aliphatic heterocycles. The summed E-state index contributed by atoms with van der Waals surface area (Å²) in [5.74, 6) is -0.738. The minimum Gasteiger partial charge on any atom is -0.508 e. The number of aromatic hydroxyl groups is 1. The highest BCUT2D eigenvalue weighted by Crippen LogP contribution is 2.29. The number of hydrogen-bond acceptors (Lipinski definition) is 4. The Labute approximate surface area is 119 Å². The fraction of sp³-hybridized carbons (Fsp3) is 0.333. The summed E-state index contributed by atoms with van der Waals surface area (Å²) in [6.45, 7) is 0. The van der Waals surface area contributed by atoms with Crippen molar-refractivity contribution in [3.8, 4) is 5.75 Å². The molecule has 1 aliphatic rings. The van der Waals surface area contributed by atoms with Gasteiger partial charge in [0.2, 0.25) is 0 Å². The van der Waals surface area contributed by atoms with E-state index in [0.717, 1.165) is 0 Å². The third-order valence-electron chi connectivity index (χ3n) is 2.98. The Hall–Kier alpha value is -1.40. The molecule has 0 spiro atoms. The normalized spacial score (nSPS) is 22.2. The van der Waals surface area contributed by atoms with E-state index in [-0.39, 0.29) is 16.3 Å². The summed E-state index contributed by atoms with van der Waals surface area (Å²) in [5.41, 5.74) is -1.18. The van der Waals surface area contributed by atoms with E-state index in [9.17, 15) is 19.8 Å². The van der Waals surface area contributed by atoms with Gasteiger partial charge in [-0.3, -0.25) is 4.79 Å². The van der Waals surface area contributed by atoms with Crippen LogP contribution in [0.25, 0.3) is 0 Å². The minimum atomic E-state index is -1.25. The van der Waals surface area contributed by atoms with Gasteiger partial charge in [-0.15, -0.1) is 0 Å². The molecule has 2 rings (SSSR count). The highest BCUT2D eigenvalue weighted by atomic mass is 35.5. The van der Waals surface area contributed by atoms with Gasteiger partial charge in [-0.2, -0.15) is 11.8 Å². The summed E-state index contributed by atoms with van der Waals surface area (Å²) in [5, 5.41) is 21.3. The van der Waals surface area contributed by atoms with Crippen molar-refractivity contribution in [2.45, 2.75) is 12.0 Å². The number of rotatable bonds is 3. The number of aliphatic carboxylic acids is 1. The molecule has 1 heterocycles. The second kappa shape index (κ2) is 5.30. The van der Waals surface area contributed by atoms with Crippen molar-refractivity contribution in [2.24, 2.45) is 0 Å². The van der Waals surface area contributed by atoms with E-state index in [4.69, 9.17) is 11.6 Å². The van der Waals surface area contributed by atoms with Gasteiger partial charge in [0.05, 0.1) is 10.6 Å². The molecule has 3 N–H and O–H groups in total. The Kier molecular flexibility index (Phi) is 3.91. The molecule has 0 aliphatic carbocycles. The van der Waals surface area contributed by atoms with Gasteiger partial charge in [0, 0.05) is 5.75 Å². The van der Waals surface area contributed by atoms with Gasteiger partial charge < -0.3 is 15.5 Å². The average molecular weight is 302 g/mol. The predicted molar refractivity (Wildman–Crippen MR) is 72.9 cm³/mol. The first-order valence-corrected chi connectivity index (χ1v) is 7.10. The Bertz CT molecular complexity index is 528. The zero-order chi connectivity index (χ0) is 14.0. The maximum Gasteiger partial charge on any atom is 0.330 e. The van der Waals surface area contributed by atoms with Crippen LogP contribution < -0.4 is 5.32 Å². The highest BCUT2D eigenvalue weighted by molar-refractivity contribution is 7.99. The molecule has 1 unspecified atom stereocenters. The number of carbonyl (C=O) groups excluding carboxylic acids is 1. The predicted octanol–water partition coefficient (Wildman–Crippen LogP) is 1.74. The first-order chi connectivity index (χ1) is 8.94. The summed E-state index contributed by atoms with van der Waals surface area (Å²) in [6, 6.07) is 3.97. The molecular weight excluding hydrogens is 290 g/mol. The fourth-order valence-electron chi connectivity index (χ4n) is 1.86. The third kappa shape index (κ3) is 2.79. The van der Waals surface area contributed by atoms with E-state index in [1.54, 1.807) is 0 Å². The topological polar surface area (TPSA) is 86.6 Å². The van der Waals surface area contributed by atoms with E-state index >= 15 is 0 Å². The van der Waals surface area contributed by atoms with Crippen LogP contribution in [-0.4, -0.2) is 39.1 Å². The molecule has 1 atom stereocenters. The molecule has 1 fully saturated rings. The van der Waals surface area contributed by atoms with Gasteiger partial charge >= 0.3 is 5.97 Å². The van der Waals surface area contributed by atoms with E-state index < -0.39 is 17.4 Å². The third-order valence-corrected chi connectivity index (χ3v) is 4.50. The first kappa shape index (κ1) is 14.0. The Morgan fingerprint density at radius 2 is 2.16 bits per heavy atom. The molecule has 7 heteroatoms. The van der Waals surface area contributed by atoms with Crippen molar-refractivity contribution in [3.63, 3.8) is 0 Å². The monoisotopic (exact) mass is 301 g/mol. The zero-order valence-corrected chi connectivity index (χ0v) is 11.4. The van der Waals surface area contributed by atoms with E-state index in [1.165, 1.54) is 30.0 Å². The lowest BCUT2D eigenvalue weighted by Crippen LogP contribution is -2.54. The molecular formula is C12H12ClNO4S. The number of phenols is 1. The fourth-order valence-corrected chi connectivity index (χ4v) is 3.39. The largest absolute Gasteiger partial charge is 0.508 e. The summed E-state index contributed by atoms with van der Waals surface area (Å²) in [4.78, 5) is 23.4. The maximum atomic E-state index is 12.1. The van der Waals surface area contributed by atoms with Crippen LogP contribution in [0.4, 0.5) is 0 Å². The van der Waals surface area contributed by atoms with Crippen LogP contribution in [-0.2, 0) is 4.79 Å². The summed E-state index contributed by atoms with van der Waals surface area (Å²) >= 11 is 7.35. The van der Waals surface area contributed by atoms with Crippen molar-refractivity contribution in [1.29, 1.82) is 0 Å². The molecule has 0 aromatic heterocycles. The molecule has 102 valence electrons. The van der Waals surface area contributed by atoms with E-state index in [1.807, 2.05) is 0 Å². The number of halogens is 1. The lowest BCUT2D eigenvalue weighted by Gasteiger charge is -2.24. The number of hydrogen-bond donors (Lipinski definition) is 3. The number of benzene rings is 1. The van der Waals surface area contributed by atoms with Crippen LogP contribution in [0, 0.1) is 0 Å².